The maximum Gasteiger partial charge on any atom is 0.0175 e. The monoisotopic (exact) mass is 143 g/mol. The fourth-order valence-electron chi connectivity index (χ4n) is 1.67. The summed E-state index contributed by atoms with van der Waals surface area (Å²) in [5.41, 5.74) is 0. The van der Waals surface area contributed by atoms with Crippen molar-refractivity contribution in [2.75, 3.05) is 13.1 Å². The second-order valence-corrected chi connectivity index (χ2v) is 4.56. The van der Waals surface area contributed by atoms with Gasteiger partial charge in [0.25, 0.3) is 0 Å². The molecule has 1 nitrogen and oxygen atoms in total. The third-order valence-corrected chi connectivity index (χ3v) is 3.85. The summed E-state index contributed by atoms with van der Waals surface area (Å²) in [6.45, 7) is 2.52. The van der Waals surface area contributed by atoms with Crippen LogP contribution < -0.4 is 5.32 Å². The molecule has 2 heterocycles. The lowest BCUT2D eigenvalue weighted by Crippen LogP contribution is -2.23. The predicted octanol–water partition coefficient (Wildman–Crippen LogP) is 1.24. The van der Waals surface area contributed by atoms with Crippen LogP contribution in [0.2, 0.25) is 0 Å². The summed E-state index contributed by atoms with van der Waals surface area (Å²) in [5, 5.41) is 5.42. The van der Waals surface area contributed by atoms with E-state index in [0.29, 0.717) is 0 Å². The van der Waals surface area contributed by atoms with Crippen LogP contribution >= 0.6 is 11.8 Å². The van der Waals surface area contributed by atoms with Crippen LogP contribution in [0.3, 0.4) is 0 Å². The first kappa shape index (κ1) is 6.05. The molecule has 0 aromatic carbocycles. The maximum absolute atomic E-state index is 3.46. The molecule has 2 fully saturated rings. The van der Waals surface area contributed by atoms with Crippen LogP contribution in [0.15, 0.2) is 0 Å². The zero-order valence-corrected chi connectivity index (χ0v) is 6.41. The van der Waals surface area contributed by atoms with Crippen LogP contribution in [0.1, 0.15) is 19.3 Å². The molecule has 2 aliphatic rings. The van der Waals surface area contributed by atoms with Crippen molar-refractivity contribution in [2.45, 2.75) is 29.8 Å². The van der Waals surface area contributed by atoms with Crippen molar-refractivity contribution in [2.24, 2.45) is 0 Å². The number of nitrogens with one attached hydrogen (secondary N) is 1. The van der Waals surface area contributed by atoms with Gasteiger partial charge in [-0.1, -0.05) is 0 Å². The molecule has 2 bridgehead atoms. The Morgan fingerprint density at radius 2 is 2.00 bits per heavy atom. The number of hydrogen-bond acceptors (Lipinski definition) is 2. The highest BCUT2D eigenvalue weighted by Gasteiger charge is 2.26. The van der Waals surface area contributed by atoms with Crippen molar-refractivity contribution < 1.29 is 0 Å². The van der Waals surface area contributed by atoms with Crippen LogP contribution in [0.25, 0.3) is 0 Å². The lowest BCUT2D eigenvalue weighted by Gasteiger charge is -2.06. The minimum absolute atomic E-state index is 0.956. The van der Waals surface area contributed by atoms with Crippen LogP contribution in [0.4, 0.5) is 0 Å². The normalized spacial score (nSPS) is 42.7. The molecule has 0 aromatic heterocycles. The zero-order chi connectivity index (χ0) is 6.10. The van der Waals surface area contributed by atoms with Crippen molar-refractivity contribution in [3.63, 3.8) is 0 Å². The average molecular weight is 143 g/mol. The van der Waals surface area contributed by atoms with Gasteiger partial charge in [0, 0.05) is 17.0 Å². The van der Waals surface area contributed by atoms with Crippen molar-refractivity contribution in [3.8, 4) is 0 Å². The molecular formula is C7H13NS. The number of fused-ring (bicyclic) bond motifs is 2. The van der Waals surface area contributed by atoms with E-state index in [1.54, 1.807) is 0 Å². The van der Waals surface area contributed by atoms with E-state index >= 15 is 0 Å². The third-order valence-electron chi connectivity index (χ3n) is 2.21. The van der Waals surface area contributed by atoms with Gasteiger partial charge in [-0.25, -0.2) is 0 Å². The summed E-state index contributed by atoms with van der Waals surface area (Å²) in [6.07, 6.45) is 4.35. The zero-order valence-electron chi connectivity index (χ0n) is 5.60. The number of hydrogen-bond donors (Lipinski definition) is 1. The molecule has 1 N–H and O–H groups in total. The van der Waals surface area contributed by atoms with Crippen molar-refractivity contribution >= 4 is 11.8 Å². The topological polar surface area (TPSA) is 12.0 Å². The summed E-state index contributed by atoms with van der Waals surface area (Å²) in [6, 6.07) is 0. The van der Waals surface area contributed by atoms with Gasteiger partial charge in [-0.3, -0.25) is 0 Å². The van der Waals surface area contributed by atoms with Gasteiger partial charge in [0.15, 0.2) is 0 Å². The number of thioether (sulfide) groups is 1. The first-order chi connectivity index (χ1) is 4.45. The minimum Gasteiger partial charge on any atom is -0.316 e. The Hall–Kier alpha value is 0.310. The first-order valence-electron chi connectivity index (χ1n) is 3.81. The van der Waals surface area contributed by atoms with Crippen molar-refractivity contribution in [1.29, 1.82) is 0 Å². The Morgan fingerprint density at radius 1 is 1.11 bits per heavy atom. The van der Waals surface area contributed by atoms with Gasteiger partial charge in [-0.2, -0.15) is 11.8 Å². The van der Waals surface area contributed by atoms with Crippen LogP contribution in [-0.4, -0.2) is 23.6 Å². The van der Waals surface area contributed by atoms with Gasteiger partial charge in [0.05, 0.1) is 0 Å². The third kappa shape index (κ3) is 1.24. The van der Waals surface area contributed by atoms with E-state index in [1.165, 1.54) is 32.4 Å². The highest BCUT2D eigenvalue weighted by atomic mass is 32.2. The Bertz CT molecular complexity index is 93.1. The fourth-order valence-corrected chi connectivity index (χ4v) is 3.23. The molecule has 0 radical (unpaired) electrons. The molecular weight excluding hydrogens is 130 g/mol. The molecule has 2 atom stereocenters. The molecule has 0 amide bonds. The van der Waals surface area contributed by atoms with E-state index in [9.17, 15) is 0 Å². The van der Waals surface area contributed by atoms with Crippen LogP contribution in [0.5, 0.6) is 0 Å². The molecule has 0 aliphatic carbocycles. The predicted molar refractivity (Wildman–Crippen MR) is 41.9 cm³/mol. The summed E-state index contributed by atoms with van der Waals surface area (Å²) in [4.78, 5) is 0. The van der Waals surface area contributed by atoms with E-state index in [4.69, 9.17) is 0 Å². The molecule has 0 saturated carbocycles. The van der Waals surface area contributed by atoms with E-state index < -0.39 is 0 Å². The van der Waals surface area contributed by atoms with Crippen molar-refractivity contribution in [1.82, 2.24) is 5.32 Å². The summed E-state index contributed by atoms with van der Waals surface area (Å²) >= 11 is 2.21. The molecule has 2 heteroatoms. The Labute approximate surface area is 60.6 Å². The lowest BCUT2D eigenvalue weighted by molar-refractivity contribution is 0.567. The second-order valence-electron chi connectivity index (χ2n) is 2.95. The van der Waals surface area contributed by atoms with Crippen LogP contribution in [-0.2, 0) is 0 Å². The number of rotatable bonds is 0. The van der Waals surface area contributed by atoms with E-state index in [0.717, 1.165) is 10.5 Å². The largest absolute Gasteiger partial charge is 0.316 e. The van der Waals surface area contributed by atoms with Gasteiger partial charge < -0.3 is 5.32 Å². The molecule has 9 heavy (non-hydrogen) atoms. The summed E-state index contributed by atoms with van der Waals surface area (Å²) in [5.74, 6) is 0. The summed E-state index contributed by atoms with van der Waals surface area (Å²) in [7, 11) is 0. The van der Waals surface area contributed by atoms with Crippen molar-refractivity contribution in [3.05, 3.63) is 0 Å². The molecule has 52 valence electrons. The second kappa shape index (κ2) is 2.51. The molecule has 2 saturated heterocycles. The van der Waals surface area contributed by atoms with Crippen LogP contribution in [0, 0.1) is 0 Å². The van der Waals surface area contributed by atoms with Gasteiger partial charge >= 0.3 is 0 Å². The lowest BCUT2D eigenvalue weighted by atomic mass is 10.1. The molecule has 0 aromatic rings. The SMILES string of the molecule is C1C[C@H]2CC[C@@H](CN1)S2. The molecule has 2 rings (SSSR count). The quantitative estimate of drug-likeness (QED) is 0.547. The smallest absolute Gasteiger partial charge is 0.0175 e. The Morgan fingerprint density at radius 3 is 3.00 bits per heavy atom. The Kier molecular flexibility index (Phi) is 1.68. The van der Waals surface area contributed by atoms with E-state index in [2.05, 4.69) is 17.1 Å². The highest BCUT2D eigenvalue weighted by molar-refractivity contribution is 8.00. The Balaban J connectivity index is 1.99. The van der Waals surface area contributed by atoms with Gasteiger partial charge in [-0.05, 0) is 25.8 Å². The highest BCUT2D eigenvalue weighted by Crippen LogP contribution is 2.36. The standard InChI is InChI=1S/C7H13NS/c1-2-7-5-8-4-3-6(1)9-7/h6-8H,1-5H2/t6-,7+/m1/s1. The average Bonchev–Trinajstić information content (AvgIpc) is 2.09. The van der Waals surface area contributed by atoms with Gasteiger partial charge in [-0.15, -0.1) is 0 Å². The first-order valence-corrected chi connectivity index (χ1v) is 4.75. The fraction of sp³-hybridized carbons (Fsp3) is 1.00. The van der Waals surface area contributed by atoms with Gasteiger partial charge in [0.1, 0.15) is 0 Å². The van der Waals surface area contributed by atoms with E-state index in [-0.39, 0.29) is 0 Å². The maximum atomic E-state index is 3.46. The molecule has 0 spiro atoms. The van der Waals surface area contributed by atoms with Gasteiger partial charge in [0.2, 0.25) is 0 Å². The van der Waals surface area contributed by atoms with E-state index in [1.807, 2.05) is 0 Å². The molecule has 2 aliphatic heterocycles. The molecule has 0 unspecified atom stereocenters. The minimum atomic E-state index is 0.956. The summed E-state index contributed by atoms with van der Waals surface area (Å²) < 4.78 is 0.